The monoisotopic (exact) mass is 299 g/mol. The van der Waals surface area contributed by atoms with Gasteiger partial charge in [0.2, 0.25) is 5.91 Å². The average Bonchev–Trinajstić information content (AvgIpc) is 2.43. The zero-order valence-corrected chi connectivity index (χ0v) is 12.3. The van der Waals surface area contributed by atoms with Crippen molar-refractivity contribution < 1.29 is 9.18 Å². The Bertz CT molecular complexity index is 477. The molecule has 4 nitrogen and oxygen atoms in total. The quantitative estimate of drug-likeness (QED) is 0.911. The number of hydrogen-bond donors (Lipinski definition) is 1. The van der Waals surface area contributed by atoms with E-state index in [-0.39, 0.29) is 11.7 Å². The van der Waals surface area contributed by atoms with Crippen molar-refractivity contribution in [1.82, 2.24) is 15.1 Å². The number of carbonyl (C=O) groups excluding carboxylic acids is 1. The molecule has 1 aromatic carbocycles. The first-order valence-electron chi connectivity index (χ1n) is 6.67. The van der Waals surface area contributed by atoms with Crippen LogP contribution >= 0.6 is 11.6 Å². The first-order valence-corrected chi connectivity index (χ1v) is 7.05. The lowest BCUT2D eigenvalue weighted by atomic mass is 10.2. The molecule has 0 bridgehead atoms. The third kappa shape index (κ3) is 4.16. The Hall–Kier alpha value is -1.17. The van der Waals surface area contributed by atoms with E-state index in [0.717, 1.165) is 31.7 Å². The van der Waals surface area contributed by atoms with Gasteiger partial charge in [-0.25, -0.2) is 4.39 Å². The number of nitrogens with one attached hydrogen (secondary N) is 1. The van der Waals surface area contributed by atoms with Crippen LogP contribution in [0.5, 0.6) is 0 Å². The topological polar surface area (TPSA) is 35.6 Å². The van der Waals surface area contributed by atoms with Gasteiger partial charge >= 0.3 is 0 Å². The van der Waals surface area contributed by atoms with Crippen molar-refractivity contribution in [2.45, 2.75) is 6.54 Å². The Morgan fingerprint density at radius 1 is 1.45 bits per heavy atom. The van der Waals surface area contributed by atoms with Crippen molar-refractivity contribution in [1.29, 1.82) is 0 Å². The average molecular weight is 300 g/mol. The van der Waals surface area contributed by atoms with Crippen LogP contribution in [0.15, 0.2) is 18.2 Å². The van der Waals surface area contributed by atoms with Gasteiger partial charge in [0.15, 0.2) is 0 Å². The van der Waals surface area contributed by atoms with Crippen LogP contribution in [0.4, 0.5) is 4.39 Å². The highest BCUT2D eigenvalue weighted by Crippen LogP contribution is 2.18. The van der Waals surface area contributed by atoms with Gasteiger partial charge in [-0.1, -0.05) is 17.7 Å². The number of rotatable bonds is 4. The third-order valence-electron chi connectivity index (χ3n) is 3.33. The Morgan fingerprint density at radius 3 is 2.80 bits per heavy atom. The highest BCUT2D eigenvalue weighted by molar-refractivity contribution is 6.31. The molecule has 1 aromatic rings. The highest BCUT2D eigenvalue weighted by Gasteiger charge is 2.18. The Labute approximate surface area is 123 Å². The van der Waals surface area contributed by atoms with E-state index in [2.05, 4.69) is 5.32 Å². The summed E-state index contributed by atoms with van der Waals surface area (Å²) in [6.45, 7) is 4.07. The Balaban J connectivity index is 1.88. The minimum Gasteiger partial charge on any atom is -0.339 e. The predicted molar refractivity (Wildman–Crippen MR) is 77.2 cm³/mol. The van der Waals surface area contributed by atoms with Gasteiger partial charge in [0, 0.05) is 37.7 Å². The third-order valence-corrected chi connectivity index (χ3v) is 3.68. The molecule has 0 saturated carbocycles. The van der Waals surface area contributed by atoms with Crippen LogP contribution in [0.3, 0.4) is 0 Å². The summed E-state index contributed by atoms with van der Waals surface area (Å²) in [5.41, 5.74) is 0.823. The molecule has 1 heterocycles. The molecule has 20 heavy (non-hydrogen) atoms. The molecule has 110 valence electrons. The second-order valence-corrected chi connectivity index (χ2v) is 5.45. The fourth-order valence-electron chi connectivity index (χ4n) is 2.24. The normalized spacial score (nSPS) is 15.7. The Morgan fingerprint density at radius 2 is 2.15 bits per heavy atom. The molecular formula is C14H19ClFN3O. The van der Waals surface area contributed by atoms with Gasteiger partial charge in [0.05, 0.1) is 6.54 Å². The molecule has 1 saturated heterocycles. The molecule has 1 fully saturated rings. The van der Waals surface area contributed by atoms with E-state index < -0.39 is 0 Å². The van der Waals surface area contributed by atoms with Crippen LogP contribution in [-0.2, 0) is 11.3 Å². The molecule has 2 rings (SSSR count). The van der Waals surface area contributed by atoms with Gasteiger partial charge in [-0.3, -0.25) is 9.69 Å². The number of nitrogens with zero attached hydrogens (tertiary/aromatic N) is 2. The molecule has 1 amide bonds. The van der Waals surface area contributed by atoms with E-state index in [1.807, 2.05) is 16.8 Å². The fraction of sp³-hybridized carbons (Fsp3) is 0.500. The van der Waals surface area contributed by atoms with E-state index in [1.54, 1.807) is 6.07 Å². The van der Waals surface area contributed by atoms with E-state index in [1.165, 1.54) is 12.1 Å². The summed E-state index contributed by atoms with van der Waals surface area (Å²) in [7, 11) is 1.86. The summed E-state index contributed by atoms with van der Waals surface area (Å²) in [4.78, 5) is 15.9. The van der Waals surface area contributed by atoms with Crippen molar-refractivity contribution in [2.24, 2.45) is 0 Å². The minimum atomic E-state index is -0.349. The Kier molecular flexibility index (Phi) is 5.34. The molecule has 6 heteroatoms. The molecule has 0 atom stereocenters. The predicted octanol–water partition coefficient (Wildman–Crippen LogP) is 1.34. The molecule has 0 spiro atoms. The van der Waals surface area contributed by atoms with E-state index in [4.69, 9.17) is 11.6 Å². The van der Waals surface area contributed by atoms with Crippen molar-refractivity contribution in [3.63, 3.8) is 0 Å². The van der Waals surface area contributed by atoms with Crippen molar-refractivity contribution in [3.8, 4) is 0 Å². The van der Waals surface area contributed by atoms with E-state index in [9.17, 15) is 9.18 Å². The molecule has 1 N–H and O–H groups in total. The van der Waals surface area contributed by atoms with Crippen molar-refractivity contribution in [3.05, 3.63) is 34.6 Å². The van der Waals surface area contributed by atoms with Gasteiger partial charge in [-0.2, -0.15) is 0 Å². The molecule has 0 unspecified atom stereocenters. The van der Waals surface area contributed by atoms with Crippen LogP contribution < -0.4 is 5.32 Å². The summed E-state index contributed by atoms with van der Waals surface area (Å²) in [5, 5.41) is 3.61. The molecule has 1 aliphatic heterocycles. The van der Waals surface area contributed by atoms with Crippen LogP contribution in [0.1, 0.15) is 5.56 Å². The molecular weight excluding hydrogens is 281 g/mol. The molecule has 0 aliphatic carbocycles. The van der Waals surface area contributed by atoms with E-state index in [0.29, 0.717) is 18.1 Å². The summed E-state index contributed by atoms with van der Waals surface area (Å²) in [6.07, 6.45) is 0. The number of amides is 1. The second-order valence-electron chi connectivity index (χ2n) is 5.04. The highest BCUT2D eigenvalue weighted by atomic mass is 35.5. The molecule has 0 radical (unpaired) electrons. The number of benzene rings is 1. The fourth-order valence-corrected chi connectivity index (χ4v) is 2.47. The van der Waals surface area contributed by atoms with Gasteiger partial charge < -0.3 is 10.2 Å². The number of piperazine rings is 1. The van der Waals surface area contributed by atoms with Crippen molar-refractivity contribution >= 4 is 17.5 Å². The maximum absolute atomic E-state index is 13.0. The first-order chi connectivity index (χ1) is 9.56. The molecule has 1 aliphatic rings. The van der Waals surface area contributed by atoms with E-state index >= 15 is 0 Å². The lowest BCUT2D eigenvalue weighted by molar-refractivity contribution is -0.132. The first kappa shape index (κ1) is 15.2. The molecule has 0 aromatic heterocycles. The number of halogens is 2. The lowest BCUT2D eigenvalue weighted by Crippen LogP contribution is -2.49. The van der Waals surface area contributed by atoms with Crippen LogP contribution in [0.25, 0.3) is 0 Å². The summed E-state index contributed by atoms with van der Waals surface area (Å²) in [6, 6.07) is 4.33. The smallest absolute Gasteiger partial charge is 0.236 e. The van der Waals surface area contributed by atoms with Crippen LogP contribution in [0.2, 0.25) is 5.02 Å². The zero-order chi connectivity index (χ0) is 14.5. The van der Waals surface area contributed by atoms with Gasteiger partial charge in [-0.15, -0.1) is 0 Å². The summed E-state index contributed by atoms with van der Waals surface area (Å²) < 4.78 is 13.0. The number of hydrogen-bond acceptors (Lipinski definition) is 3. The van der Waals surface area contributed by atoms with Gasteiger partial charge in [0.25, 0.3) is 0 Å². The van der Waals surface area contributed by atoms with Gasteiger partial charge in [0.1, 0.15) is 5.82 Å². The van der Waals surface area contributed by atoms with Gasteiger partial charge in [-0.05, 0) is 24.7 Å². The van der Waals surface area contributed by atoms with Crippen molar-refractivity contribution in [2.75, 3.05) is 39.8 Å². The minimum absolute atomic E-state index is 0.118. The summed E-state index contributed by atoms with van der Waals surface area (Å²) in [5.74, 6) is -0.231. The maximum atomic E-state index is 13.0. The standard InChI is InChI=1S/C14H19ClFN3O/c1-18(9-11-2-3-12(16)8-13(11)15)10-14(20)19-6-4-17-5-7-19/h2-3,8,17H,4-7,9-10H2,1H3. The second kappa shape index (κ2) is 7.02. The SMILES string of the molecule is CN(CC(=O)N1CCNCC1)Cc1ccc(F)cc1Cl. The maximum Gasteiger partial charge on any atom is 0.236 e. The zero-order valence-electron chi connectivity index (χ0n) is 11.5. The number of carbonyl (C=O) groups is 1. The number of likely N-dealkylation sites (N-methyl/N-ethyl adjacent to an activating group) is 1. The van der Waals surface area contributed by atoms with Crippen LogP contribution in [-0.4, -0.2) is 55.5 Å². The lowest BCUT2D eigenvalue weighted by Gasteiger charge is -2.29. The largest absolute Gasteiger partial charge is 0.339 e. The summed E-state index contributed by atoms with van der Waals surface area (Å²) >= 11 is 5.99. The van der Waals surface area contributed by atoms with Crippen LogP contribution in [0, 0.1) is 5.82 Å².